The van der Waals surface area contributed by atoms with Crippen LogP contribution in [0, 0.1) is 6.92 Å². The van der Waals surface area contributed by atoms with Crippen molar-refractivity contribution in [2.24, 2.45) is 0 Å². The van der Waals surface area contributed by atoms with E-state index < -0.39 is 0 Å². The molecule has 3 nitrogen and oxygen atoms in total. The number of ketones is 1. The Morgan fingerprint density at radius 2 is 1.73 bits per heavy atom. The maximum atomic E-state index is 12.8. The number of fused-ring (bicyclic) bond motifs is 1. The molecule has 0 saturated heterocycles. The SMILES string of the molecule is COc1ccc2c(C(=O)c3ccccc3)c(C)cc(O)c2c1. The molecule has 0 amide bonds. The van der Waals surface area contributed by atoms with E-state index >= 15 is 0 Å². The first-order chi connectivity index (χ1) is 10.6. The van der Waals surface area contributed by atoms with Gasteiger partial charge >= 0.3 is 0 Å². The number of ether oxygens (including phenoxy) is 1. The van der Waals surface area contributed by atoms with Gasteiger partial charge in [-0.2, -0.15) is 0 Å². The molecule has 3 heteroatoms. The van der Waals surface area contributed by atoms with Gasteiger partial charge in [-0.05, 0) is 42.1 Å². The van der Waals surface area contributed by atoms with Crippen molar-refractivity contribution in [1.29, 1.82) is 0 Å². The Balaban J connectivity index is 2.27. The van der Waals surface area contributed by atoms with Crippen LogP contribution in [0.3, 0.4) is 0 Å². The quantitative estimate of drug-likeness (QED) is 0.739. The third-order valence-electron chi connectivity index (χ3n) is 3.78. The van der Waals surface area contributed by atoms with Crippen molar-refractivity contribution < 1.29 is 14.6 Å². The molecule has 110 valence electrons. The highest BCUT2D eigenvalue weighted by Crippen LogP contribution is 2.34. The van der Waals surface area contributed by atoms with Gasteiger partial charge in [-0.25, -0.2) is 0 Å². The highest BCUT2D eigenvalue weighted by molar-refractivity contribution is 6.18. The van der Waals surface area contributed by atoms with Gasteiger partial charge in [0.15, 0.2) is 5.78 Å². The molecule has 3 rings (SSSR count). The second kappa shape index (κ2) is 5.53. The Hall–Kier alpha value is -2.81. The minimum atomic E-state index is -0.0479. The summed E-state index contributed by atoms with van der Waals surface area (Å²) in [6.07, 6.45) is 0. The molecule has 0 aliphatic heterocycles. The number of methoxy groups -OCH3 is 1. The minimum absolute atomic E-state index is 0.0479. The summed E-state index contributed by atoms with van der Waals surface area (Å²) in [4.78, 5) is 12.8. The fourth-order valence-corrected chi connectivity index (χ4v) is 2.68. The van der Waals surface area contributed by atoms with Gasteiger partial charge in [0.2, 0.25) is 0 Å². The molecule has 0 saturated carbocycles. The molecule has 0 spiro atoms. The highest BCUT2D eigenvalue weighted by atomic mass is 16.5. The Labute approximate surface area is 128 Å². The Morgan fingerprint density at radius 3 is 2.41 bits per heavy atom. The molecule has 0 radical (unpaired) electrons. The van der Waals surface area contributed by atoms with Crippen molar-refractivity contribution in [3.63, 3.8) is 0 Å². The zero-order valence-corrected chi connectivity index (χ0v) is 12.5. The lowest BCUT2D eigenvalue weighted by molar-refractivity contribution is 0.103. The molecular weight excluding hydrogens is 276 g/mol. The van der Waals surface area contributed by atoms with E-state index in [1.165, 1.54) is 0 Å². The number of carbonyl (C=O) groups excluding carboxylic acids is 1. The summed E-state index contributed by atoms with van der Waals surface area (Å²) in [6.45, 7) is 1.83. The van der Waals surface area contributed by atoms with Crippen molar-refractivity contribution in [1.82, 2.24) is 0 Å². The molecule has 0 atom stereocenters. The van der Waals surface area contributed by atoms with Gasteiger partial charge in [0.1, 0.15) is 11.5 Å². The molecule has 0 bridgehead atoms. The predicted octanol–water partition coefficient (Wildman–Crippen LogP) is 4.09. The van der Waals surface area contributed by atoms with E-state index in [9.17, 15) is 9.90 Å². The molecule has 3 aromatic carbocycles. The second-order valence-corrected chi connectivity index (χ2v) is 5.19. The molecule has 0 heterocycles. The van der Waals surface area contributed by atoms with Gasteiger partial charge in [0, 0.05) is 16.5 Å². The third-order valence-corrected chi connectivity index (χ3v) is 3.78. The molecule has 0 fully saturated rings. The first kappa shape index (κ1) is 14.1. The number of aryl methyl sites for hydroxylation is 1. The van der Waals surface area contributed by atoms with Crippen molar-refractivity contribution in [2.75, 3.05) is 7.11 Å². The molecule has 3 aromatic rings. The lowest BCUT2D eigenvalue weighted by Crippen LogP contribution is -2.05. The van der Waals surface area contributed by atoms with Gasteiger partial charge in [0.05, 0.1) is 7.11 Å². The summed E-state index contributed by atoms with van der Waals surface area (Å²) in [5, 5.41) is 11.5. The summed E-state index contributed by atoms with van der Waals surface area (Å²) in [5.74, 6) is 0.744. The Morgan fingerprint density at radius 1 is 1.00 bits per heavy atom. The second-order valence-electron chi connectivity index (χ2n) is 5.19. The number of benzene rings is 3. The molecule has 0 aromatic heterocycles. The lowest BCUT2D eigenvalue weighted by atomic mass is 9.92. The maximum Gasteiger partial charge on any atom is 0.193 e. The van der Waals surface area contributed by atoms with Crippen molar-refractivity contribution in [3.05, 3.63) is 71.3 Å². The molecule has 0 aliphatic carbocycles. The fourth-order valence-electron chi connectivity index (χ4n) is 2.68. The predicted molar refractivity (Wildman–Crippen MR) is 86.8 cm³/mol. The van der Waals surface area contributed by atoms with E-state index in [0.29, 0.717) is 22.3 Å². The van der Waals surface area contributed by atoms with Crippen molar-refractivity contribution in [2.45, 2.75) is 6.92 Å². The van der Waals surface area contributed by atoms with Crippen LogP contribution >= 0.6 is 0 Å². The summed E-state index contributed by atoms with van der Waals surface area (Å²) < 4.78 is 5.20. The highest BCUT2D eigenvalue weighted by Gasteiger charge is 2.17. The summed E-state index contributed by atoms with van der Waals surface area (Å²) in [6, 6.07) is 16.1. The Bertz CT molecular complexity index is 851. The molecule has 1 N–H and O–H groups in total. The zero-order chi connectivity index (χ0) is 15.7. The lowest BCUT2D eigenvalue weighted by Gasteiger charge is -2.12. The van der Waals surface area contributed by atoms with Crippen LogP contribution in [0.2, 0.25) is 0 Å². The number of aromatic hydroxyl groups is 1. The van der Waals surface area contributed by atoms with Crippen LogP contribution in [-0.2, 0) is 0 Å². The van der Waals surface area contributed by atoms with Crippen LogP contribution in [0.5, 0.6) is 11.5 Å². The van der Waals surface area contributed by atoms with E-state index in [0.717, 1.165) is 10.9 Å². The van der Waals surface area contributed by atoms with E-state index in [1.54, 1.807) is 37.4 Å². The summed E-state index contributed by atoms with van der Waals surface area (Å²) in [5.41, 5.74) is 2.00. The molecule has 0 aliphatic rings. The fraction of sp³-hybridized carbons (Fsp3) is 0.105. The number of hydrogen-bond acceptors (Lipinski definition) is 3. The summed E-state index contributed by atoms with van der Waals surface area (Å²) >= 11 is 0. The third kappa shape index (κ3) is 2.31. The smallest absolute Gasteiger partial charge is 0.193 e. The van der Waals surface area contributed by atoms with E-state index in [2.05, 4.69) is 0 Å². The number of phenolic OH excluding ortho intramolecular Hbond substituents is 1. The largest absolute Gasteiger partial charge is 0.507 e. The van der Waals surface area contributed by atoms with Gasteiger partial charge in [-0.3, -0.25) is 4.79 Å². The van der Waals surface area contributed by atoms with Crippen LogP contribution < -0.4 is 4.74 Å². The number of carbonyl (C=O) groups is 1. The topological polar surface area (TPSA) is 46.5 Å². The normalized spacial score (nSPS) is 10.6. The standard InChI is InChI=1S/C19H16O3/c1-12-10-17(20)16-11-14(22-2)8-9-15(16)18(12)19(21)13-6-4-3-5-7-13/h3-11,20H,1-2H3. The number of rotatable bonds is 3. The zero-order valence-electron chi connectivity index (χ0n) is 12.5. The minimum Gasteiger partial charge on any atom is -0.507 e. The van der Waals surface area contributed by atoms with Crippen LogP contribution in [0.15, 0.2) is 54.6 Å². The first-order valence-corrected chi connectivity index (χ1v) is 7.02. The Kier molecular flexibility index (Phi) is 3.55. The first-order valence-electron chi connectivity index (χ1n) is 7.02. The average Bonchev–Trinajstić information content (AvgIpc) is 2.55. The van der Waals surface area contributed by atoms with E-state index in [1.807, 2.05) is 31.2 Å². The van der Waals surface area contributed by atoms with Gasteiger partial charge < -0.3 is 9.84 Å². The van der Waals surface area contributed by atoms with Crippen LogP contribution in [-0.4, -0.2) is 18.0 Å². The monoisotopic (exact) mass is 292 g/mol. The molecule has 22 heavy (non-hydrogen) atoms. The number of phenols is 1. The van der Waals surface area contributed by atoms with Crippen molar-refractivity contribution >= 4 is 16.6 Å². The summed E-state index contributed by atoms with van der Waals surface area (Å²) in [7, 11) is 1.57. The molecular formula is C19H16O3. The van der Waals surface area contributed by atoms with E-state index in [4.69, 9.17) is 4.74 Å². The van der Waals surface area contributed by atoms with Gasteiger partial charge in [-0.1, -0.05) is 30.3 Å². The average molecular weight is 292 g/mol. The van der Waals surface area contributed by atoms with Gasteiger partial charge in [0.25, 0.3) is 0 Å². The van der Waals surface area contributed by atoms with Gasteiger partial charge in [-0.15, -0.1) is 0 Å². The van der Waals surface area contributed by atoms with Crippen LogP contribution in [0.25, 0.3) is 10.8 Å². The molecule has 0 unspecified atom stereocenters. The maximum absolute atomic E-state index is 12.8. The van der Waals surface area contributed by atoms with Crippen LogP contribution in [0.4, 0.5) is 0 Å². The van der Waals surface area contributed by atoms with E-state index in [-0.39, 0.29) is 11.5 Å². The number of hydrogen-bond donors (Lipinski definition) is 1. The van der Waals surface area contributed by atoms with Crippen LogP contribution in [0.1, 0.15) is 21.5 Å². The van der Waals surface area contributed by atoms with Crippen molar-refractivity contribution in [3.8, 4) is 11.5 Å².